The summed E-state index contributed by atoms with van der Waals surface area (Å²) in [6, 6.07) is 2.16. The molecule has 1 unspecified atom stereocenters. The van der Waals surface area contributed by atoms with Crippen LogP contribution in [-0.2, 0) is 6.54 Å². The highest BCUT2D eigenvalue weighted by Gasteiger charge is 2.13. The van der Waals surface area contributed by atoms with Crippen LogP contribution >= 0.6 is 0 Å². The molecule has 1 aromatic heterocycles. The molecule has 0 aliphatic carbocycles. The summed E-state index contributed by atoms with van der Waals surface area (Å²) in [5, 5.41) is 6.31. The summed E-state index contributed by atoms with van der Waals surface area (Å²) < 4.78 is 1.65. The van der Waals surface area contributed by atoms with Gasteiger partial charge in [-0.25, -0.2) is 0 Å². The maximum absolute atomic E-state index is 11.1. The van der Waals surface area contributed by atoms with Crippen LogP contribution in [0.1, 0.15) is 19.3 Å². The third kappa shape index (κ3) is 2.01. The van der Waals surface area contributed by atoms with Gasteiger partial charge in [-0.3, -0.25) is 9.48 Å². The predicted molar refractivity (Wildman–Crippen MR) is 50.7 cm³/mol. The van der Waals surface area contributed by atoms with E-state index in [1.165, 1.54) is 12.8 Å². The van der Waals surface area contributed by atoms with Crippen LogP contribution in [0.3, 0.4) is 0 Å². The van der Waals surface area contributed by atoms with E-state index in [-0.39, 0.29) is 5.56 Å². The topological polar surface area (TPSA) is 49.8 Å². The van der Waals surface area contributed by atoms with Gasteiger partial charge in [0.05, 0.1) is 0 Å². The third-order valence-corrected chi connectivity index (χ3v) is 2.59. The summed E-state index contributed by atoms with van der Waals surface area (Å²) in [5.74, 6) is 0. The lowest BCUT2D eigenvalue weighted by Crippen LogP contribution is -2.25. The standard InChI is InChI=1S/C9H15N3O/c13-9-3-6-11-12(9)7-4-8-2-1-5-10-8/h3,6,8,10-11H,1-2,4-5,7H2. The second kappa shape index (κ2) is 3.79. The van der Waals surface area contributed by atoms with Crippen molar-refractivity contribution in [3.05, 3.63) is 22.6 Å². The molecular formula is C9H15N3O. The maximum atomic E-state index is 11.1. The van der Waals surface area contributed by atoms with Crippen LogP contribution in [0.15, 0.2) is 17.1 Å². The van der Waals surface area contributed by atoms with Crippen LogP contribution in [0.4, 0.5) is 0 Å². The second-order valence-electron chi connectivity index (χ2n) is 3.53. The van der Waals surface area contributed by atoms with Gasteiger partial charge in [-0.15, -0.1) is 0 Å². The first-order chi connectivity index (χ1) is 6.36. The van der Waals surface area contributed by atoms with E-state index in [1.54, 1.807) is 16.9 Å². The molecule has 4 nitrogen and oxygen atoms in total. The number of aryl methyl sites for hydroxylation is 1. The molecule has 0 spiro atoms. The highest BCUT2D eigenvalue weighted by molar-refractivity contribution is 4.81. The fourth-order valence-electron chi connectivity index (χ4n) is 1.81. The summed E-state index contributed by atoms with van der Waals surface area (Å²) in [6.07, 6.45) is 5.24. The van der Waals surface area contributed by atoms with Gasteiger partial charge in [-0.2, -0.15) is 0 Å². The normalized spacial score (nSPS) is 22.3. The summed E-state index contributed by atoms with van der Waals surface area (Å²) in [4.78, 5) is 11.1. The Labute approximate surface area is 76.9 Å². The van der Waals surface area contributed by atoms with E-state index in [1.807, 2.05) is 0 Å². The summed E-state index contributed by atoms with van der Waals surface area (Å²) in [6.45, 7) is 1.92. The molecule has 2 rings (SSSR count). The monoisotopic (exact) mass is 181 g/mol. The Kier molecular flexibility index (Phi) is 2.49. The molecule has 13 heavy (non-hydrogen) atoms. The van der Waals surface area contributed by atoms with Gasteiger partial charge in [0, 0.05) is 24.8 Å². The van der Waals surface area contributed by atoms with E-state index in [4.69, 9.17) is 0 Å². The average Bonchev–Trinajstić information content (AvgIpc) is 2.72. The molecule has 0 bridgehead atoms. The van der Waals surface area contributed by atoms with Crippen molar-refractivity contribution in [2.45, 2.75) is 31.8 Å². The molecule has 2 heterocycles. The molecule has 1 atom stereocenters. The zero-order valence-electron chi connectivity index (χ0n) is 7.62. The minimum absolute atomic E-state index is 0.0676. The first-order valence-corrected chi connectivity index (χ1v) is 4.84. The molecule has 2 N–H and O–H groups in total. The Morgan fingerprint density at radius 1 is 1.62 bits per heavy atom. The molecule has 0 saturated carbocycles. The van der Waals surface area contributed by atoms with Crippen LogP contribution in [0.25, 0.3) is 0 Å². The Balaban J connectivity index is 1.85. The molecule has 1 fully saturated rings. The molecule has 1 aromatic rings. The number of hydrogen-bond donors (Lipinski definition) is 2. The summed E-state index contributed by atoms with van der Waals surface area (Å²) in [7, 11) is 0. The van der Waals surface area contributed by atoms with Gasteiger partial charge < -0.3 is 10.4 Å². The van der Waals surface area contributed by atoms with Gasteiger partial charge in [-0.1, -0.05) is 0 Å². The molecule has 0 radical (unpaired) electrons. The Bertz CT molecular complexity index is 309. The lowest BCUT2D eigenvalue weighted by atomic mass is 10.2. The van der Waals surface area contributed by atoms with E-state index >= 15 is 0 Å². The van der Waals surface area contributed by atoms with Crippen molar-refractivity contribution in [1.82, 2.24) is 15.1 Å². The van der Waals surface area contributed by atoms with Gasteiger partial charge in [-0.05, 0) is 25.8 Å². The Morgan fingerprint density at radius 3 is 3.15 bits per heavy atom. The molecule has 72 valence electrons. The lowest BCUT2D eigenvalue weighted by Gasteiger charge is -2.09. The Hall–Kier alpha value is -1.03. The number of aromatic amines is 1. The third-order valence-electron chi connectivity index (χ3n) is 2.59. The van der Waals surface area contributed by atoms with Crippen LogP contribution < -0.4 is 10.9 Å². The maximum Gasteiger partial charge on any atom is 0.266 e. The second-order valence-corrected chi connectivity index (χ2v) is 3.53. The molecule has 1 aliphatic heterocycles. The first kappa shape index (κ1) is 8.56. The van der Waals surface area contributed by atoms with E-state index < -0.39 is 0 Å². The van der Waals surface area contributed by atoms with Crippen LogP contribution in [0, 0.1) is 0 Å². The van der Waals surface area contributed by atoms with E-state index in [0.717, 1.165) is 19.5 Å². The quantitative estimate of drug-likeness (QED) is 0.705. The van der Waals surface area contributed by atoms with Gasteiger partial charge in [0.1, 0.15) is 0 Å². The fraction of sp³-hybridized carbons (Fsp3) is 0.667. The molecular weight excluding hydrogens is 166 g/mol. The van der Waals surface area contributed by atoms with Crippen LogP contribution in [0.2, 0.25) is 0 Å². The average molecular weight is 181 g/mol. The largest absolute Gasteiger partial charge is 0.314 e. The van der Waals surface area contributed by atoms with Crippen molar-refractivity contribution in [3.8, 4) is 0 Å². The SMILES string of the molecule is O=c1cc[nH]n1CCC1CCCN1. The van der Waals surface area contributed by atoms with Gasteiger partial charge in [0.25, 0.3) is 5.56 Å². The molecule has 1 saturated heterocycles. The number of rotatable bonds is 3. The zero-order valence-corrected chi connectivity index (χ0v) is 7.62. The van der Waals surface area contributed by atoms with Crippen molar-refractivity contribution in [2.75, 3.05) is 6.54 Å². The molecule has 1 aliphatic rings. The Morgan fingerprint density at radius 2 is 2.54 bits per heavy atom. The fourth-order valence-corrected chi connectivity index (χ4v) is 1.81. The predicted octanol–water partition coefficient (Wildman–Crippen LogP) is 0.318. The first-order valence-electron chi connectivity index (χ1n) is 4.84. The highest BCUT2D eigenvalue weighted by Crippen LogP contribution is 2.08. The van der Waals surface area contributed by atoms with E-state index in [9.17, 15) is 4.79 Å². The van der Waals surface area contributed by atoms with Crippen LogP contribution in [-0.4, -0.2) is 22.4 Å². The van der Waals surface area contributed by atoms with E-state index in [0.29, 0.717) is 6.04 Å². The number of H-pyrrole nitrogens is 1. The molecule has 4 heteroatoms. The van der Waals surface area contributed by atoms with Gasteiger partial charge >= 0.3 is 0 Å². The van der Waals surface area contributed by atoms with Crippen molar-refractivity contribution in [3.63, 3.8) is 0 Å². The highest BCUT2D eigenvalue weighted by atomic mass is 16.1. The van der Waals surface area contributed by atoms with Crippen LogP contribution in [0.5, 0.6) is 0 Å². The van der Waals surface area contributed by atoms with Gasteiger partial charge in [0.15, 0.2) is 0 Å². The minimum atomic E-state index is 0.0676. The van der Waals surface area contributed by atoms with Crippen molar-refractivity contribution in [1.29, 1.82) is 0 Å². The number of aromatic nitrogens is 2. The van der Waals surface area contributed by atoms with Crippen molar-refractivity contribution in [2.24, 2.45) is 0 Å². The lowest BCUT2D eigenvalue weighted by molar-refractivity contribution is 0.474. The van der Waals surface area contributed by atoms with Crippen molar-refractivity contribution < 1.29 is 0 Å². The summed E-state index contributed by atoms with van der Waals surface area (Å²) in [5.41, 5.74) is 0.0676. The van der Waals surface area contributed by atoms with Crippen molar-refractivity contribution >= 4 is 0 Å². The number of hydrogen-bond acceptors (Lipinski definition) is 2. The van der Waals surface area contributed by atoms with E-state index in [2.05, 4.69) is 10.4 Å². The smallest absolute Gasteiger partial charge is 0.266 e. The zero-order chi connectivity index (χ0) is 9.10. The van der Waals surface area contributed by atoms with Gasteiger partial charge in [0.2, 0.25) is 0 Å². The molecule has 0 aromatic carbocycles. The minimum Gasteiger partial charge on any atom is -0.314 e. The number of nitrogens with zero attached hydrogens (tertiary/aromatic N) is 1. The molecule has 0 amide bonds. The number of nitrogens with one attached hydrogen (secondary N) is 2. The summed E-state index contributed by atoms with van der Waals surface area (Å²) >= 11 is 0.